The minimum Gasteiger partial charge on any atom is -0.351 e. The summed E-state index contributed by atoms with van der Waals surface area (Å²) in [6.07, 6.45) is 1.98. The Morgan fingerprint density at radius 1 is 1.50 bits per heavy atom. The Kier molecular flexibility index (Phi) is 2.14. The number of hydrogen-bond acceptors (Lipinski definition) is 1. The van der Waals surface area contributed by atoms with E-state index in [1.165, 1.54) is 0 Å². The minimum atomic E-state index is -0.299. The average molecular weight is 141 g/mol. The molecular weight excluding hydrogens is 128 g/mol. The van der Waals surface area contributed by atoms with E-state index in [9.17, 15) is 4.79 Å². The lowest BCUT2D eigenvalue weighted by atomic mass is 10.00. The normalized spacial score (nSPS) is 21.1. The van der Waals surface area contributed by atoms with Crippen molar-refractivity contribution in [2.45, 2.75) is 12.8 Å². The topological polar surface area (TPSA) is 46.3 Å². The zero-order chi connectivity index (χ0) is 7.56. The van der Waals surface area contributed by atoms with Gasteiger partial charge in [-0.05, 0) is 18.8 Å². The quantitative estimate of drug-likeness (QED) is 0.528. The van der Waals surface area contributed by atoms with E-state index in [1.807, 2.05) is 0 Å². The molecule has 0 unspecified atom stereocenters. The third-order valence-corrected chi connectivity index (χ3v) is 1.93. The van der Waals surface area contributed by atoms with Crippen molar-refractivity contribution >= 4 is 6.03 Å². The Morgan fingerprint density at radius 2 is 2.00 bits per heavy atom. The van der Waals surface area contributed by atoms with E-state index in [2.05, 4.69) is 6.92 Å². The maximum absolute atomic E-state index is 10.6. The average Bonchev–Trinajstić information content (AvgIpc) is 1.88. The van der Waals surface area contributed by atoms with Gasteiger partial charge in [-0.3, -0.25) is 0 Å². The molecule has 3 nitrogen and oxygen atoms in total. The lowest BCUT2D eigenvalue weighted by molar-refractivity contribution is 0.187. The first-order valence-corrected chi connectivity index (χ1v) is 3.57. The number of nitrogens with two attached hydrogens (primary N) is 1. The number of carbonyl (C=O) groups is 1. The fraction of sp³-hybridized carbons (Fsp3) is 0.714. The zero-order valence-electron chi connectivity index (χ0n) is 6.05. The van der Waals surface area contributed by atoms with Crippen LogP contribution >= 0.6 is 0 Å². The number of likely N-dealkylation sites (tertiary alicyclic amines) is 1. The zero-order valence-corrected chi connectivity index (χ0v) is 6.05. The van der Waals surface area contributed by atoms with Crippen molar-refractivity contribution in [2.75, 3.05) is 13.1 Å². The smallest absolute Gasteiger partial charge is 0.314 e. The largest absolute Gasteiger partial charge is 0.351 e. The molecule has 1 aliphatic rings. The lowest BCUT2D eigenvalue weighted by Gasteiger charge is -2.28. The van der Waals surface area contributed by atoms with Gasteiger partial charge in [-0.15, -0.1) is 0 Å². The summed E-state index contributed by atoms with van der Waals surface area (Å²) < 4.78 is 0. The highest BCUT2D eigenvalue weighted by atomic mass is 16.2. The van der Waals surface area contributed by atoms with Gasteiger partial charge in [0.25, 0.3) is 0 Å². The van der Waals surface area contributed by atoms with Crippen LogP contribution in [0.5, 0.6) is 0 Å². The molecule has 0 saturated carbocycles. The minimum absolute atomic E-state index is 0.299. The molecule has 1 aliphatic heterocycles. The van der Waals surface area contributed by atoms with Gasteiger partial charge in [0.15, 0.2) is 0 Å². The summed E-state index contributed by atoms with van der Waals surface area (Å²) in [5.41, 5.74) is 5.08. The summed E-state index contributed by atoms with van der Waals surface area (Å²) in [5.74, 6) is 0.510. The van der Waals surface area contributed by atoms with Gasteiger partial charge in [-0.1, -0.05) is 6.92 Å². The van der Waals surface area contributed by atoms with Gasteiger partial charge >= 0.3 is 6.03 Å². The van der Waals surface area contributed by atoms with Crippen LogP contribution in [0.15, 0.2) is 0 Å². The van der Waals surface area contributed by atoms with Gasteiger partial charge in [0.05, 0.1) is 0 Å². The highest BCUT2D eigenvalue weighted by molar-refractivity contribution is 5.72. The highest BCUT2D eigenvalue weighted by Crippen LogP contribution is 2.14. The fourth-order valence-electron chi connectivity index (χ4n) is 1.15. The van der Waals surface area contributed by atoms with Crippen molar-refractivity contribution in [2.24, 2.45) is 11.7 Å². The molecule has 10 heavy (non-hydrogen) atoms. The number of piperidine rings is 1. The van der Waals surface area contributed by atoms with Crippen LogP contribution in [0.3, 0.4) is 0 Å². The molecule has 2 amide bonds. The van der Waals surface area contributed by atoms with Crippen LogP contribution in [-0.4, -0.2) is 24.0 Å². The molecule has 0 aromatic carbocycles. The summed E-state index contributed by atoms with van der Waals surface area (Å²) in [6, 6.07) is -0.299. The van der Waals surface area contributed by atoms with E-state index in [0.29, 0.717) is 5.92 Å². The van der Waals surface area contributed by atoms with Crippen LogP contribution in [0.4, 0.5) is 4.79 Å². The molecule has 0 aromatic heterocycles. The SMILES string of the molecule is [CH2]C1CCN(C(N)=O)CC1. The van der Waals surface area contributed by atoms with Crippen molar-refractivity contribution in [1.29, 1.82) is 0 Å². The molecule has 0 bridgehead atoms. The number of rotatable bonds is 0. The Labute approximate surface area is 61.2 Å². The summed E-state index contributed by atoms with van der Waals surface area (Å²) in [6.45, 7) is 5.47. The van der Waals surface area contributed by atoms with Crippen LogP contribution in [0.2, 0.25) is 0 Å². The van der Waals surface area contributed by atoms with Crippen molar-refractivity contribution < 1.29 is 4.79 Å². The first-order valence-electron chi connectivity index (χ1n) is 3.57. The summed E-state index contributed by atoms with van der Waals surface area (Å²) in [7, 11) is 0. The van der Waals surface area contributed by atoms with E-state index in [4.69, 9.17) is 5.73 Å². The van der Waals surface area contributed by atoms with Crippen LogP contribution in [0, 0.1) is 12.8 Å². The van der Waals surface area contributed by atoms with Gasteiger partial charge in [0.2, 0.25) is 0 Å². The first kappa shape index (κ1) is 7.38. The Bertz CT molecular complexity index is 128. The molecule has 0 aromatic rings. The standard InChI is InChI=1S/C7H13N2O/c1-6-2-4-9(5-3-6)7(8)10/h6H,1-5H2,(H2,8,10). The maximum atomic E-state index is 10.6. The molecule has 2 N–H and O–H groups in total. The molecular formula is C7H13N2O. The second kappa shape index (κ2) is 2.90. The molecule has 3 heteroatoms. The molecule has 0 atom stereocenters. The third-order valence-electron chi connectivity index (χ3n) is 1.93. The third kappa shape index (κ3) is 1.62. The number of amides is 2. The molecule has 1 radical (unpaired) electrons. The number of urea groups is 1. The maximum Gasteiger partial charge on any atom is 0.314 e. The molecule has 1 fully saturated rings. The van der Waals surface area contributed by atoms with Crippen LogP contribution in [0.25, 0.3) is 0 Å². The van der Waals surface area contributed by atoms with Crippen molar-refractivity contribution in [3.63, 3.8) is 0 Å². The molecule has 1 saturated heterocycles. The summed E-state index contributed by atoms with van der Waals surface area (Å²) in [5, 5.41) is 0. The predicted molar refractivity (Wildman–Crippen MR) is 39.2 cm³/mol. The van der Waals surface area contributed by atoms with Gasteiger partial charge in [0.1, 0.15) is 0 Å². The van der Waals surface area contributed by atoms with Crippen LogP contribution < -0.4 is 5.73 Å². The molecule has 1 rings (SSSR count). The first-order chi connectivity index (χ1) is 4.70. The Hall–Kier alpha value is -0.730. The number of primary amides is 1. The van der Waals surface area contributed by atoms with E-state index < -0.39 is 0 Å². The number of nitrogens with zero attached hydrogens (tertiary/aromatic N) is 1. The van der Waals surface area contributed by atoms with E-state index >= 15 is 0 Å². The van der Waals surface area contributed by atoms with Crippen molar-refractivity contribution in [1.82, 2.24) is 4.90 Å². The Morgan fingerprint density at radius 3 is 2.40 bits per heavy atom. The van der Waals surface area contributed by atoms with Crippen molar-refractivity contribution in [3.05, 3.63) is 6.92 Å². The van der Waals surface area contributed by atoms with E-state index in [0.717, 1.165) is 25.9 Å². The molecule has 57 valence electrons. The van der Waals surface area contributed by atoms with Crippen LogP contribution in [0.1, 0.15) is 12.8 Å². The molecule has 1 heterocycles. The van der Waals surface area contributed by atoms with Gasteiger partial charge in [0, 0.05) is 13.1 Å². The van der Waals surface area contributed by atoms with E-state index in [1.54, 1.807) is 4.90 Å². The predicted octanol–water partition coefficient (Wildman–Crippen LogP) is 0.611. The van der Waals surface area contributed by atoms with Gasteiger partial charge in [-0.25, -0.2) is 4.79 Å². The Balaban J connectivity index is 2.33. The fourth-order valence-corrected chi connectivity index (χ4v) is 1.15. The number of hydrogen-bond donors (Lipinski definition) is 1. The second-order valence-electron chi connectivity index (χ2n) is 2.77. The number of carbonyl (C=O) groups excluding carboxylic acids is 1. The van der Waals surface area contributed by atoms with Gasteiger partial charge in [-0.2, -0.15) is 0 Å². The summed E-state index contributed by atoms with van der Waals surface area (Å²) in [4.78, 5) is 12.3. The van der Waals surface area contributed by atoms with Crippen molar-refractivity contribution in [3.8, 4) is 0 Å². The van der Waals surface area contributed by atoms with Crippen LogP contribution in [-0.2, 0) is 0 Å². The monoisotopic (exact) mass is 141 g/mol. The molecule has 0 spiro atoms. The lowest BCUT2D eigenvalue weighted by Crippen LogP contribution is -2.41. The molecule has 0 aliphatic carbocycles. The van der Waals surface area contributed by atoms with Gasteiger partial charge < -0.3 is 10.6 Å². The highest BCUT2D eigenvalue weighted by Gasteiger charge is 2.17. The van der Waals surface area contributed by atoms with E-state index in [-0.39, 0.29) is 6.03 Å². The summed E-state index contributed by atoms with van der Waals surface area (Å²) >= 11 is 0. The second-order valence-corrected chi connectivity index (χ2v) is 2.77.